The lowest BCUT2D eigenvalue weighted by molar-refractivity contribution is 0.0946. The van der Waals surface area contributed by atoms with Gasteiger partial charge in [0.2, 0.25) is 0 Å². The van der Waals surface area contributed by atoms with Crippen LogP contribution < -0.4 is 11.1 Å². The van der Waals surface area contributed by atoms with Gasteiger partial charge in [0, 0.05) is 16.5 Å². The number of carbonyl (C=O) groups excluding carboxylic acids is 1. The number of nitrogens with two attached hydrogens (primary N) is 1. The van der Waals surface area contributed by atoms with Gasteiger partial charge in [-0.15, -0.1) is 22.7 Å². The van der Waals surface area contributed by atoms with Crippen molar-refractivity contribution in [3.05, 3.63) is 32.2 Å². The molecule has 0 aliphatic heterocycles. The molecule has 3 N–H and O–H groups in total. The molecule has 2 aromatic heterocycles. The van der Waals surface area contributed by atoms with E-state index < -0.39 is 0 Å². The third kappa shape index (κ3) is 3.59. The van der Waals surface area contributed by atoms with Gasteiger partial charge in [-0.25, -0.2) is 9.97 Å². The fourth-order valence-electron chi connectivity index (χ4n) is 1.44. The number of thiazole rings is 2. The van der Waals surface area contributed by atoms with Crippen LogP contribution in [0.5, 0.6) is 0 Å². The molecule has 0 aliphatic carbocycles. The van der Waals surface area contributed by atoms with Crippen LogP contribution in [0, 0.1) is 0 Å². The van der Waals surface area contributed by atoms with Crippen molar-refractivity contribution in [3.63, 3.8) is 0 Å². The second kappa shape index (κ2) is 6.23. The Kier molecular flexibility index (Phi) is 4.62. The van der Waals surface area contributed by atoms with E-state index in [2.05, 4.69) is 22.2 Å². The van der Waals surface area contributed by atoms with Crippen LogP contribution in [0.2, 0.25) is 0 Å². The van der Waals surface area contributed by atoms with Crippen LogP contribution in [0.15, 0.2) is 11.6 Å². The van der Waals surface area contributed by atoms with E-state index in [4.69, 9.17) is 5.73 Å². The Balaban J connectivity index is 1.93. The molecule has 7 heteroatoms. The maximum Gasteiger partial charge on any atom is 0.271 e. The van der Waals surface area contributed by atoms with Gasteiger partial charge in [-0.2, -0.15) is 0 Å². The van der Waals surface area contributed by atoms with Gasteiger partial charge >= 0.3 is 0 Å². The predicted molar refractivity (Wildman–Crippen MR) is 77.4 cm³/mol. The number of aryl methyl sites for hydroxylation is 1. The van der Waals surface area contributed by atoms with E-state index in [1.165, 1.54) is 16.2 Å². The van der Waals surface area contributed by atoms with Gasteiger partial charge in [0.05, 0.1) is 12.6 Å². The molecule has 1 amide bonds. The number of nitrogens with one attached hydrogen (secondary N) is 1. The summed E-state index contributed by atoms with van der Waals surface area (Å²) in [5, 5.41) is 6.23. The number of aromatic nitrogens is 2. The lowest BCUT2D eigenvalue weighted by Gasteiger charge is -2.00. The van der Waals surface area contributed by atoms with Crippen molar-refractivity contribution in [2.24, 2.45) is 5.73 Å². The van der Waals surface area contributed by atoms with Crippen molar-refractivity contribution in [2.75, 3.05) is 0 Å². The van der Waals surface area contributed by atoms with Crippen molar-refractivity contribution >= 4 is 28.6 Å². The number of carbonyl (C=O) groups is 1. The number of nitrogens with zero attached hydrogens (tertiary/aromatic N) is 2. The molecule has 0 aliphatic rings. The van der Waals surface area contributed by atoms with Gasteiger partial charge in [0.1, 0.15) is 15.7 Å². The van der Waals surface area contributed by atoms with E-state index in [0.717, 1.165) is 16.4 Å². The van der Waals surface area contributed by atoms with E-state index in [0.29, 0.717) is 12.2 Å². The highest BCUT2D eigenvalue weighted by molar-refractivity contribution is 7.11. The van der Waals surface area contributed by atoms with Crippen molar-refractivity contribution in [2.45, 2.75) is 32.9 Å². The predicted octanol–water partition coefficient (Wildman–Crippen LogP) is 2.11. The van der Waals surface area contributed by atoms with E-state index in [9.17, 15) is 4.79 Å². The Morgan fingerprint density at radius 3 is 2.95 bits per heavy atom. The first-order chi connectivity index (χ1) is 9.10. The Morgan fingerprint density at radius 1 is 1.58 bits per heavy atom. The second-order valence-corrected chi connectivity index (χ2v) is 6.21. The summed E-state index contributed by atoms with van der Waals surface area (Å²) in [7, 11) is 0. The molecule has 0 saturated heterocycles. The van der Waals surface area contributed by atoms with Crippen LogP contribution in [-0.2, 0) is 13.0 Å². The van der Waals surface area contributed by atoms with Crippen molar-refractivity contribution in [1.29, 1.82) is 0 Å². The molecule has 1 atom stereocenters. The van der Waals surface area contributed by atoms with Gasteiger partial charge in [-0.1, -0.05) is 6.92 Å². The topological polar surface area (TPSA) is 80.9 Å². The number of rotatable bonds is 5. The molecule has 2 aromatic rings. The smallest absolute Gasteiger partial charge is 0.271 e. The summed E-state index contributed by atoms with van der Waals surface area (Å²) in [4.78, 5) is 21.6. The average Bonchev–Trinajstić information content (AvgIpc) is 3.04. The first-order valence-electron chi connectivity index (χ1n) is 6.03. The normalized spacial score (nSPS) is 12.4. The summed E-state index contributed by atoms with van der Waals surface area (Å²) < 4.78 is 0. The molecule has 0 fully saturated rings. The quantitative estimate of drug-likeness (QED) is 0.885. The fourth-order valence-corrected chi connectivity index (χ4v) is 3.00. The summed E-state index contributed by atoms with van der Waals surface area (Å²) in [5.74, 6) is -0.184. The van der Waals surface area contributed by atoms with Crippen molar-refractivity contribution in [1.82, 2.24) is 15.3 Å². The lowest BCUT2D eigenvalue weighted by atomic mass is 10.4. The molecule has 0 radical (unpaired) electrons. The average molecular weight is 296 g/mol. The Labute approximate surface area is 119 Å². The molecular weight excluding hydrogens is 280 g/mol. The minimum Gasteiger partial charge on any atom is -0.344 e. The van der Waals surface area contributed by atoms with Gasteiger partial charge < -0.3 is 11.1 Å². The fraction of sp³-hybridized carbons (Fsp3) is 0.417. The highest BCUT2D eigenvalue weighted by Crippen LogP contribution is 2.16. The Bertz CT molecular complexity index is 562. The van der Waals surface area contributed by atoms with E-state index >= 15 is 0 Å². The van der Waals surface area contributed by atoms with Crippen molar-refractivity contribution < 1.29 is 4.79 Å². The first kappa shape index (κ1) is 14.1. The van der Waals surface area contributed by atoms with Gasteiger partial charge in [-0.3, -0.25) is 4.79 Å². The molecule has 0 bridgehead atoms. The maximum absolute atomic E-state index is 11.9. The molecule has 2 heterocycles. The van der Waals surface area contributed by atoms with Crippen LogP contribution in [0.3, 0.4) is 0 Å². The SMILES string of the molecule is CCc1cnc(CNC(=O)c2csc(C(C)N)n2)s1. The van der Waals surface area contributed by atoms with E-state index in [1.54, 1.807) is 16.7 Å². The maximum atomic E-state index is 11.9. The summed E-state index contributed by atoms with van der Waals surface area (Å²) in [6.45, 7) is 4.37. The largest absolute Gasteiger partial charge is 0.344 e. The molecular formula is C12H16N4OS2. The van der Waals surface area contributed by atoms with Gasteiger partial charge in [0.15, 0.2) is 0 Å². The van der Waals surface area contributed by atoms with Crippen LogP contribution in [0.4, 0.5) is 0 Å². The van der Waals surface area contributed by atoms with Crippen LogP contribution in [0.25, 0.3) is 0 Å². The zero-order valence-corrected chi connectivity index (χ0v) is 12.5. The molecule has 2 rings (SSSR count). The van der Waals surface area contributed by atoms with E-state index in [-0.39, 0.29) is 11.9 Å². The van der Waals surface area contributed by atoms with Gasteiger partial charge in [0.25, 0.3) is 5.91 Å². The molecule has 5 nitrogen and oxygen atoms in total. The molecule has 1 unspecified atom stereocenters. The van der Waals surface area contributed by atoms with Crippen LogP contribution in [0.1, 0.15) is 45.3 Å². The monoisotopic (exact) mass is 296 g/mol. The highest BCUT2D eigenvalue weighted by Gasteiger charge is 2.13. The molecule has 102 valence electrons. The Hall–Kier alpha value is -1.31. The minimum atomic E-state index is -0.184. The molecule has 0 aromatic carbocycles. The number of hydrogen-bond donors (Lipinski definition) is 2. The van der Waals surface area contributed by atoms with Crippen LogP contribution in [-0.4, -0.2) is 15.9 Å². The van der Waals surface area contributed by atoms with E-state index in [1.807, 2.05) is 13.1 Å². The number of hydrogen-bond acceptors (Lipinski definition) is 6. The first-order valence-corrected chi connectivity index (χ1v) is 7.72. The van der Waals surface area contributed by atoms with Crippen LogP contribution >= 0.6 is 22.7 Å². The number of amides is 1. The molecule has 19 heavy (non-hydrogen) atoms. The summed E-state index contributed by atoms with van der Waals surface area (Å²) in [6, 6.07) is -0.141. The summed E-state index contributed by atoms with van der Waals surface area (Å²) in [6.07, 6.45) is 2.82. The molecule has 0 saturated carbocycles. The van der Waals surface area contributed by atoms with Gasteiger partial charge in [-0.05, 0) is 13.3 Å². The standard InChI is InChI=1S/C12H16N4OS2/c1-3-8-4-14-10(19-8)5-15-11(17)9-6-18-12(16-9)7(2)13/h4,6-7H,3,5,13H2,1-2H3,(H,15,17). The minimum absolute atomic E-state index is 0.141. The van der Waals surface area contributed by atoms with Crippen molar-refractivity contribution in [3.8, 4) is 0 Å². The second-order valence-electron chi connectivity index (χ2n) is 4.12. The lowest BCUT2D eigenvalue weighted by Crippen LogP contribution is -2.23. The summed E-state index contributed by atoms with van der Waals surface area (Å²) in [5.41, 5.74) is 6.14. The molecule has 0 spiro atoms. The third-order valence-corrected chi connectivity index (χ3v) is 4.68. The zero-order chi connectivity index (χ0) is 13.8. The third-order valence-electron chi connectivity index (χ3n) is 2.49. The Morgan fingerprint density at radius 2 is 2.37 bits per heavy atom. The highest BCUT2D eigenvalue weighted by atomic mass is 32.1. The summed E-state index contributed by atoms with van der Waals surface area (Å²) >= 11 is 3.02. The zero-order valence-electron chi connectivity index (χ0n) is 10.8.